The first-order chi connectivity index (χ1) is 14.8. The summed E-state index contributed by atoms with van der Waals surface area (Å²) in [5, 5.41) is 2.31. The molecule has 31 heavy (non-hydrogen) atoms. The Balaban J connectivity index is 1.98. The minimum atomic E-state index is -0.866. The van der Waals surface area contributed by atoms with Crippen LogP contribution in [0.25, 0.3) is 0 Å². The molecule has 3 N–H and O–H groups in total. The van der Waals surface area contributed by atoms with Crippen molar-refractivity contribution in [1.29, 1.82) is 0 Å². The average Bonchev–Trinajstić information content (AvgIpc) is 2.71. The van der Waals surface area contributed by atoms with Gasteiger partial charge in [-0.15, -0.1) is 0 Å². The van der Waals surface area contributed by atoms with Crippen molar-refractivity contribution in [3.8, 4) is 0 Å². The van der Waals surface area contributed by atoms with Crippen LogP contribution in [0.3, 0.4) is 0 Å². The number of hydrogen-bond acceptors (Lipinski definition) is 6. The first kappa shape index (κ1) is 22.5. The number of methoxy groups -OCH3 is 1. The minimum absolute atomic E-state index is 0.0257. The Hall–Kier alpha value is -3.21. The largest absolute Gasteiger partial charge is 0.383 e. The summed E-state index contributed by atoms with van der Waals surface area (Å²) in [5.41, 5.74) is 4.78. The van der Waals surface area contributed by atoms with Crippen LogP contribution in [0.4, 0.5) is 26.0 Å². The second-order valence-corrected chi connectivity index (χ2v) is 7.31. The van der Waals surface area contributed by atoms with E-state index in [9.17, 15) is 23.2 Å². The van der Waals surface area contributed by atoms with Gasteiger partial charge in [-0.2, -0.15) is 0 Å². The van der Waals surface area contributed by atoms with Gasteiger partial charge in [0.15, 0.2) is 0 Å². The van der Waals surface area contributed by atoms with E-state index < -0.39 is 35.3 Å². The fraction of sp³-hybridized carbons (Fsp3) is 0.450. The predicted octanol–water partition coefficient (Wildman–Crippen LogP) is 1.15. The average molecular weight is 437 g/mol. The molecule has 1 aliphatic rings. The third-order valence-corrected chi connectivity index (χ3v) is 5.08. The van der Waals surface area contributed by atoms with Gasteiger partial charge in [-0.3, -0.25) is 14.2 Å². The molecule has 0 radical (unpaired) electrons. The molecule has 0 aliphatic carbocycles. The smallest absolute Gasteiger partial charge is 0.333 e. The molecule has 9 nitrogen and oxygen atoms in total. The van der Waals surface area contributed by atoms with Gasteiger partial charge in [0.25, 0.3) is 5.56 Å². The number of anilines is 3. The SMILES string of the molecule is COCCn1c(N)c(N2CCCCC2)c(=O)n(CC(=O)Nc2cc(F)cc(F)c2)c1=O. The lowest BCUT2D eigenvalue weighted by Crippen LogP contribution is -2.47. The van der Waals surface area contributed by atoms with Gasteiger partial charge >= 0.3 is 5.69 Å². The maximum absolute atomic E-state index is 13.4. The van der Waals surface area contributed by atoms with Crippen LogP contribution in [-0.2, 0) is 22.6 Å². The summed E-state index contributed by atoms with van der Waals surface area (Å²) in [4.78, 5) is 40.3. The van der Waals surface area contributed by atoms with Crippen LogP contribution in [0.5, 0.6) is 0 Å². The zero-order chi connectivity index (χ0) is 22.5. The third-order valence-electron chi connectivity index (χ3n) is 5.08. The Bertz CT molecular complexity index is 1060. The summed E-state index contributed by atoms with van der Waals surface area (Å²) in [6.45, 7) is 0.854. The number of piperidine rings is 1. The summed E-state index contributed by atoms with van der Waals surface area (Å²) >= 11 is 0. The Morgan fingerprint density at radius 2 is 1.74 bits per heavy atom. The molecule has 1 fully saturated rings. The summed E-state index contributed by atoms with van der Waals surface area (Å²) in [7, 11) is 1.47. The minimum Gasteiger partial charge on any atom is -0.383 e. The number of nitrogen functional groups attached to an aromatic ring is 1. The van der Waals surface area contributed by atoms with Gasteiger partial charge in [-0.05, 0) is 31.4 Å². The molecule has 1 aliphatic heterocycles. The normalized spacial score (nSPS) is 14.0. The van der Waals surface area contributed by atoms with Gasteiger partial charge in [0.2, 0.25) is 5.91 Å². The number of carbonyl (C=O) groups excluding carboxylic acids is 1. The Morgan fingerprint density at radius 3 is 2.35 bits per heavy atom. The van der Waals surface area contributed by atoms with E-state index in [0.717, 1.165) is 36.0 Å². The topological polar surface area (TPSA) is 112 Å². The standard InChI is InChI=1S/C20H25F2N5O4/c1-31-8-7-26-18(23)17(25-5-3-2-4-6-25)19(29)27(20(26)30)12-16(28)24-15-10-13(21)9-14(22)11-15/h9-11H,2-8,12,23H2,1H3,(H,24,28). The van der Waals surface area contributed by atoms with Gasteiger partial charge in [-0.25, -0.2) is 18.1 Å². The van der Waals surface area contributed by atoms with E-state index in [1.807, 2.05) is 4.90 Å². The Labute approximate surface area is 177 Å². The molecule has 0 unspecified atom stereocenters. The number of nitrogens with two attached hydrogens (primary N) is 1. The fourth-order valence-electron chi connectivity index (χ4n) is 3.62. The first-order valence-electron chi connectivity index (χ1n) is 9.94. The van der Waals surface area contributed by atoms with Crippen molar-refractivity contribution in [1.82, 2.24) is 9.13 Å². The van der Waals surface area contributed by atoms with Crippen molar-refractivity contribution in [2.75, 3.05) is 42.8 Å². The van der Waals surface area contributed by atoms with Crippen molar-refractivity contribution in [2.24, 2.45) is 0 Å². The van der Waals surface area contributed by atoms with E-state index in [1.165, 1.54) is 11.7 Å². The number of nitrogens with one attached hydrogen (secondary N) is 1. The van der Waals surface area contributed by atoms with Crippen LogP contribution in [0.2, 0.25) is 0 Å². The van der Waals surface area contributed by atoms with Gasteiger partial charge in [0, 0.05) is 32.0 Å². The van der Waals surface area contributed by atoms with Gasteiger partial charge in [0.1, 0.15) is 29.7 Å². The highest BCUT2D eigenvalue weighted by Gasteiger charge is 2.24. The second kappa shape index (κ2) is 9.73. The molecular weight excluding hydrogens is 412 g/mol. The molecule has 1 aromatic heterocycles. The lowest BCUT2D eigenvalue weighted by atomic mass is 10.1. The van der Waals surface area contributed by atoms with E-state index in [2.05, 4.69) is 5.32 Å². The van der Waals surface area contributed by atoms with Crippen LogP contribution in [-0.4, -0.2) is 41.8 Å². The van der Waals surface area contributed by atoms with E-state index in [-0.39, 0.29) is 30.3 Å². The van der Waals surface area contributed by atoms with Crippen molar-refractivity contribution in [3.05, 3.63) is 50.7 Å². The van der Waals surface area contributed by atoms with Crippen LogP contribution in [0.15, 0.2) is 27.8 Å². The van der Waals surface area contributed by atoms with Crippen LogP contribution in [0.1, 0.15) is 19.3 Å². The fourth-order valence-corrected chi connectivity index (χ4v) is 3.62. The molecule has 168 valence electrons. The molecule has 1 amide bonds. The monoisotopic (exact) mass is 437 g/mol. The summed E-state index contributed by atoms with van der Waals surface area (Å²) in [6.07, 6.45) is 2.78. The summed E-state index contributed by atoms with van der Waals surface area (Å²) in [5.74, 6) is -2.49. The third kappa shape index (κ3) is 5.10. The number of ether oxygens (including phenoxy) is 1. The molecule has 11 heteroatoms. The molecule has 0 saturated carbocycles. The Morgan fingerprint density at radius 1 is 1.10 bits per heavy atom. The van der Waals surface area contributed by atoms with Crippen LogP contribution >= 0.6 is 0 Å². The molecule has 0 atom stereocenters. The van der Waals surface area contributed by atoms with Crippen molar-refractivity contribution >= 4 is 23.1 Å². The number of aromatic nitrogens is 2. The molecular formula is C20H25F2N5O4. The highest BCUT2D eigenvalue weighted by Crippen LogP contribution is 2.21. The lowest BCUT2D eigenvalue weighted by molar-refractivity contribution is -0.116. The van der Waals surface area contributed by atoms with Crippen molar-refractivity contribution in [2.45, 2.75) is 32.4 Å². The maximum Gasteiger partial charge on any atom is 0.333 e. The number of hydrogen-bond donors (Lipinski definition) is 2. The molecule has 2 heterocycles. The zero-order valence-electron chi connectivity index (χ0n) is 17.2. The number of halogens is 2. The van der Waals surface area contributed by atoms with Gasteiger partial charge in [-0.1, -0.05) is 0 Å². The molecule has 0 spiro atoms. The van der Waals surface area contributed by atoms with Crippen molar-refractivity contribution in [3.63, 3.8) is 0 Å². The molecule has 1 saturated heterocycles. The number of benzene rings is 1. The van der Waals surface area contributed by atoms with Crippen LogP contribution in [0, 0.1) is 11.6 Å². The summed E-state index contributed by atoms with van der Waals surface area (Å²) in [6, 6.07) is 2.53. The zero-order valence-corrected chi connectivity index (χ0v) is 17.2. The van der Waals surface area contributed by atoms with Crippen molar-refractivity contribution < 1.29 is 18.3 Å². The van der Waals surface area contributed by atoms with Crippen LogP contribution < -0.4 is 27.2 Å². The molecule has 2 aromatic rings. The van der Waals surface area contributed by atoms with E-state index in [4.69, 9.17) is 10.5 Å². The van der Waals surface area contributed by atoms with Gasteiger partial charge in [0.05, 0.1) is 13.2 Å². The van der Waals surface area contributed by atoms with E-state index in [1.54, 1.807) is 0 Å². The number of amides is 1. The lowest BCUT2D eigenvalue weighted by Gasteiger charge is -2.30. The highest BCUT2D eigenvalue weighted by atomic mass is 19.1. The number of nitrogens with zero attached hydrogens (tertiary/aromatic N) is 3. The maximum atomic E-state index is 13.4. The quantitative estimate of drug-likeness (QED) is 0.672. The number of carbonyl (C=O) groups is 1. The second-order valence-electron chi connectivity index (χ2n) is 7.31. The first-order valence-corrected chi connectivity index (χ1v) is 9.94. The number of rotatable bonds is 7. The molecule has 0 bridgehead atoms. The molecule has 3 rings (SSSR count). The summed E-state index contributed by atoms with van der Waals surface area (Å²) < 4.78 is 33.8. The Kier molecular flexibility index (Phi) is 7.06. The highest BCUT2D eigenvalue weighted by molar-refractivity contribution is 5.90. The van der Waals surface area contributed by atoms with E-state index in [0.29, 0.717) is 19.2 Å². The predicted molar refractivity (Wildman–Crippen MR) is 112 cm³/mol. The van der Waals surface area contributed by atoms with E-state index >= 15 is 0 Å². The molecule has 1 aromatic carbocycles. The van der Waals surface area contributed by atoms with Gasteiger partial charge < -0.3 is 20.7 Å².